The molecule has 22 heavy (non-hydrogen) atoms. The predicted molar refractivity (Wildman–Crippen MR) is 81.7 cm³/mol. The highest BCUT2D eigenvalue weighted by atomic mass is 32.2. The highest BCUT2D eigenvalue weighted by molar-refractivity contribution is 7.89. The third kappa shape index (κ3) is 2.11. The van der Waals surface area contributed by atoms with Crippen molar-refractivity contribution in [1.82, 2.24) is 4.31 Å². The minimum Gasteiger partial charge on any atom is -0.487 e. The molecule has 1 aromatic rings. The summed E-state index contributed by atoms with van der Waals surface area (Å²) in [6, 6.07) is 5.41. The summed E-state index contributed by atoms with van der Waals surface area (Å²) in [5.41, 5.74) is 0.929. The Kier molecular flexibility index (Phi) is 3.32. The molecule has 3 aliphatic heterocycles. The molecule has 7 heteroatoms. The Morgan fingerprint density at radius 1 is 1.27 bits per heavy atom. The second-order valence-corrected chi connectivity index (χ2v) is 8.10. The van der Waals surface area contributed by atoms with Gasteiger partial charge in [0.25, 0.3) is 0 Å². The van der Waals surface area contributed by atoms with Crippen molar-refractivity contribution in [3.8, 4) is 5.75 Å². The first-order chi connectivity index (χ1) is 10.6. The van der Waals surface area contributed by atoms with E-state index in [0.29, 0.717) is 18.8 Å². The fraction of sp³-hybridized carbons (Fsp3) is 0.600. The molecule has 0 aromatic heterocycles. The Labute approximate surface area is 130 Å². The van der Waals surface area contributed by atoms with Gasteiger partial charge >= 0.3 is 0 Å². The van der Waals surface area contributed by atoms with Crippen LogP contribution in [0.1, 0.15) is 19.3 Å². The first kappa shape index (κ1) is 14.3. The molecule has 0 saturated carbocycles. The topological polar surface area (TPSA) is 70.1 Å². The number of hydrogen-bond donors (Lipinski definition) is 1. The molecule has 0 spiro atoms. The maximum Gasteiger partial charge on any atom is 0.246 e. The SMILES string of the molecule is O=S1(=O)c2ccc(N3CCC[C@H]3CO)cc2O[C@@H]2CCN1C2. The highest BCUT2D eigenvalue weighted by Crippen LogP contribution is 2.38. The van der Waals surface area contributed by atoms with Gasteiger partial charge in [0.1, 0.15) is 16.7 Å². The molecule has 0 radical (unpaired) electrons. The number of benzene rings is 1. The van der Waals surface area contributed by atoms with Gasteiger partial charge in [-0.25, -0.2) is 8.42 Å². The van der Waals surface area contributed by atoms with Crippen LogP contribution >= 0.6 is 0 Å². The molecule has 1 unspecified atom stereocenters. The van der Waals surface area contributed by atoms with E-state index >= 15 is 0 Å². The number of aliphatic hydroxyl groups excluding tert-OH is 1. The number of fused-ring (bicyclic) bond motifs is 3. The smallest absolute Gasteiger partial charge is 0.246 e. The number of ether oxygens (including phenoxy) is 1. The van der Waals surface area contributed by atoms with E-state index in [1.165, 1.54) is 4.31 Å². The predicted octanol–water partition coefficient (Wildman–Crippen LogP) is 0.803. The minimum atomic E-state index is -3.45. The van der Waals surface area contributed by atoms with Gasteiger partial charge in [-0.1, -0.05) is 0 Å². The van der Waals surface area contributed by atoms with E-state index in [0.717, 1.165) is 31.5 Å². The van der Waals surface area contributed by atoms with Crippen LogP contribution in [-0.4, -0.2) is 56.2 Å². The molecular weight excluding hydrogens is 304 g/mol. The quantitative estimate of drug-likeness (QED) is 0.871. The van der Waals surface area contributed by atoms with Crippen LogP contribution in [0.3, 0.4) is 0 Å². The lowest BCUT2D eigenvalue weighted by Crippen LogP contribution is -2.32. The summed E-state index contributed by atoms with van der Waals surface area (Å²) in [5, 5.41) is 9.47. The van der Waals surface area contributed by atoms with Gasteiger partial charge in [0, 0.05) is 24.8 Å². The molecule has 6 nitrogen and oxygen atoms in total. The minimum absolute atomic E-state index is 0.0570. The van der Waals surface area contributed by atoms with Crippen molar-refractivity contribution in [2.45, 2.75) is 36.3 Å². The Morgan fingerprint density at radius 2 is 2.14 bits per heavy atom. The number of nitrogens with zero attached hydrogens (tertiary/aromatic N) is 2. The fourth-order valence-corrected chi connectivity index (χ4v) is 5.26. The number of anilines is 1. The molecular formula is C15H20N2O4S. The third-order valence-corrected chi connectivity index (χ3v) is 6.77. The average molecular weight is 324 g/mol. The van der Waals surface area contributed by atoms with Crippen molar-refractivity contribution in [3.05, 3.63) is 18.2 Å². The van der Waals surface area contributed by atoms with Gasteiger partial charge in [0.05, 0.1) is 19.2 Å². The zero-order valence-electron chi connectivity index (χ0n) is 12.3. The maximum atomic E-state index is 12.6. The largest absolute Gasteiger partial charge is 0.487 e. The summed E-state index contributed by atoms with van der Waals surface area (Å²) < 4.78 is 32.7. The molecule has 2 saturated heterocycles. The molecule has 0 amide bonds. The summed E-state index contributed by atoms with van der Waals surface area (Å²) in [7, 11) is -3.45. The van der Waals surface area contributed by atoms with Crippen LogP contribution < -0.4 is 9.64 Å². The van der Waals surface area contributed by atoms with Crippen LogP contribution in [0.4, 0.5) is 5.69 Å². The van der Waals surface area contributed by atoms with Crippen molar-refractivity contribution >= 4 is 15.7 Å². The number of sulfonamides is 1. The lowest BCUT2D eigenvalue weighted by atomic mass is 10.2. The van der Waals surface area contributed by atoms with Crippen molar-refractivity contribution in [3.63, 3.8) is 0 Å². The monoisotopic (exact) mass is 324 g/mol. The molecule has 2 fully saturated rings. The van der Waals surface area contributed by atoms with Crippen molar-refractivity contribution in [2.24, 2.45) is 0 Å². The van der Waals surface area contributed by atoms with Gasteiger partial charge in [-0.05, 0) is 31.4 Å². The molecule has 4 rings (SSSR count). The Hall–Kier alpha value is -1.31. The number of rotatable bonds is 2. The average Bonchev–Trinajstić information content (AvgIpc) is 3.13. The normalized spacial score (nSPS) is 32.4. The van der Waals surface area contributed by atoms with E-state index in [2.05, 4.69) is 4.90 Å². The summed E-state index contributed by atoms with van der Waals surface area (Å²) in [6.07, 6.45) is 2.69. The van der Waals surface area contributed by atoms with Crippen LogP contribution in [0.5, 0.6) is 5.75 Å². The Balaban J connectivity index is 1.75. The van der Waals surface area contributed by atoms with Gasteiger partial charge in [0.15, 0.2) is 0 Å². The van der Waals surface area contributed by atoms with Crippen LogP contribution in [-0.2, 0) is 10.0 Å². The zero-order chi connectivity index (χ0) is 15.3. The van der Waals surface area contributed by atoms with Crippen molar-refractivity contribution in [2.75, 3.05) is 31.1 Å². The van der Waals surface area contributed by atoms with Crippen LogP contribution in [0, 0.1) is 0 Å². The van der Waals surface area contributed by atoms with Gasteiger partial charge < -0.3 is 14.7 Å². The molecule has 2 bridgehead atoms. The van der Waals surface area contributed by atoms with Crippen LogP contribution in [0.2, 0.25) is 0 Å². The molecule has 0 aliphatic carbocycles. The van der Waals surface area contributed by atoms with E-state index in [-0.39, 0.29) is 23.6 Å². The highest BCUT2D eigenvalue weighted by Gasteiger charge is 2.39. The van der Waals surface area contributed by atoms with E-state index in [1.807, 2.05) is 12.1 Å². The fourth-order valence-electron chi connectivity index (χ4n) is 3.68. The van der Waals surface area contributed by atoms with E-state index in [4.69, 9.17) is 4.74 Å². The summed E-state index contributed by atoms with van der Waals surface area (Å²) in [6.45, 7) is 1.97. The van der Waals surface area contributed by atoms with E-state index < -0.39 is 10.0 Å². The molecule has 1 N–H and O–H groups in total. The maximum absolute atomic E-state index is 12.6. The van der Waals surface area contributed by atoms with Gasteiger partial charge in [-0.2, -0.15) is 4.31 Å². The van der Waals surface area contributed by atoms with Crippen molar-refractivity contribution in [1.29, 1.82) is 0 Å². The summed E-state index contributed by atoms with van der Waals surface area (Å²) in [4.78, 5) is 2.40. The molecule has 3 atom stereocenters. The van der Waals surface area contributed by atoms with E-state index in [1.54, 1.807) is 6.07 Å². The van der Waals surface area contributed by atoms with Crippen LogP contribution in [0.25, 0.3) is 0 Å². The van der Waals surface area contributed by atoms with Gasteiger partial charge in [-0.15, -0.1) is 0 Å². The lowest BCUT2D eigenvalue weighted by molar-refractivity contribution is 0.215. The molecule has 3 aliphatic rings. The molecule has 1 aromatic carbocycles. The van der Waals surface area contributed by atoms with Crippen molar-refractivity contribution < 1.29 is 18.3 Å². The number of hydrogen-bond acceptors (Lipinski definition) is 5. The Morgan fingerprint density at radius 3 is 2.95 bits per heavy atom. The first-order valence-corrected chi connectivity index (χ1v) is 9.22. The lowest BCUT2D eigenvalue weighted by Gasteiger charge is -2.26. The van der Waals surface area contributed by atoms with Gasteiger partial charge in [-0.3, -0.25) is 0 Å². The Bertz CT molecular complexity index is 691. The van der Waals surface area contributed by atoms with Gasteiger partial charge in [0.2, 0.25) is 10.0 Å². The van der Waals surface area contributed by atoms with E-state index in [9.17, 15) is 13.5 Å². The number of aliphatic hydroxyl groups is 1. The first-order valence-electron chi connectivity index (χ1n) is 7.78. The standard InChI is InChI=1S/C15H20N2O4S/c18-10-12-2-1-6-17(12)11-3-4-15-14(8-11)21-13-5-7-16(9-13)22(15,19)20/h3-4,8,12-13,18H,1-2,5-7,9-10H2/t12-,13+/m0/s1. The third-order valence-electron chi connectivity index (χ3n) is 4.87. The summed E-state index contributed by atoms with van der Waals surface area (Å²) >= 11 is 0. The molecule has 3 heterocycles. The second kappa shape index (κ2) is 5.11. The summed E-state index contributed by atoms with van der Waals surface area (Å²) in [5.74, 6) is 0.452. The molecule has 120 valence electrons. The zero-order valence-corrected chi connectivity index (χ0v) is 13.1. The second-order valence-electron chi connectivity index (χ2n) is 6.19. The van der Waals surface area contributed by atoms with Crippen LogP contribution in [0.15, 0.2) is 23.1 Å².